The van der Waals surface area contributed by atoms with Crippen LogP contribution in [0, 0.1) is 0 Å². The lowest BCUT2D eigenvalue weighted by Gasteiger charge is -2.22. The Morgan fingerprint density at radius 1 is 1.10 bits per heavy atom. The van der Waals surface area contributed by atoms with Crippen LogP contribution in [0.1, 0.15) is 39.1 Å². The molecule has 0 aliphatic heterocycles. The monoisotopic (exact) mass is 393 g/mol. The zero-order valence-electron chi connectivity index (χ0n) is 17.5. The van der Waals surface area contributed by atoms with E-state index in [2.05, 4.69) is 30.9 Å². The molecule has 3 rings (SSSR count). The van der Waals surface area contributed by atoms with Crippen LogP contribution in [0.15, 0.2) is 59.1 Å². The highest BCUT2D eigenvalue weighted by Gasteiger charge is 2.22. The third-order valence-corrected chi connectivity index (χ3v) is 4.63. The lowest BCUT2D eigenvalue weighted by atomic mass is 9.87. The van der Waals surface area contributed by atoms with Crippen LogP contribution in [0.25, 0.3) is 11.4 Å². The molecule has 152 valence electrons. The number of hydrogen-bond donors (Lipinski definition) is 0. The summed E-state index contributed by atoms with van der Waals surface area (Å²) < 4.78 is 11.1. The summed E-state index contributed by atoms with van der Waals surface area (Å²) in [6.07, 6.45) is -0.628. The van der Waals surface area contributed by atoms with Gasteiger partial charge >= 0.3 is 0 Å². The number of amides is 1. The molecule has 1 aromatic heterocycles. The Morgan fingerprint density at radius 2 is 1.76 bits per heavy atom. The van der Waals surface area contributed by atoms with E-state index in [1.165, 1.54) is 10.5 Å². The van der Waals surface area contributed by atoms with Crippen LogP contribution < -0.4 is 4.74 Å². The van der Waals surface area contributed by atoms with Crippen LogP contribution in [0.4, 0.5) is 0 Å². The lowest BCUT2D eigenvalue weighted by molar-refractivity contribution is -0.137. The molecule has 0 saturated heterocycles. The summed E-state index contributed by atoms with van der Waals surface area (Å²) >= 11 is 0. The van der Waals surface area contributed by atoms with E-state index >= 15 is 0 Å². The topological polar surface area (TPSA) is 68.5 Å². The number of rotatable bonds is 6. The van der Waals surface area contributed by atoms with E-state index in [4.69, 9.17) is 9.26 Å². The third-order valence-electron chi connectivity index (χ3n) is 4.63. The zero-order valence-corrected chi connectivity index (χ0v) is 17.5. The van der Waals surface area contributed by atoms with Crippen molar-refractivity contribution < 1.29 is 14.1 Å². The molecule has 2 aromatic carbocycles. The summed E-state index contributed by atoms with van der Waals surface area (Å²) in [5.41, 5.74) is 2.15. The van der Waals surface area contributed by atoms with Crippen molar-refractivity contribution in [3.8, 4) is 17.1 Å². The van der Waals surface area contributed by atoms with E-state index < -0.39 is 6.10 Å². The molecular formula is C23H27N3O3. The quantitative estimate of drug-likeness (QED) is 0.618. The second kappa shape index (κ2) is 8.47. The van der Waals surface area contributed by atoms with Crippen molar-refractivity contribution in [2.75, 3.05) is 7.05 Å². The molecule has 1 heterocycles. The minimum absolute atomic E-state index is 0.0723. The standard InChI is InChI=1S/C23H27N3O3/c1-16(28-19-13-11-18(12-14-19)23(2,3)4)22(27)26(5)15-20-24-21(25-29-20)17-9-7-6-8-10-17/h6-14,16H,15H2,1-5H3. The van der Waals surface area contributed by atoms with Gasteiger partial charge in [0.05, 0.1) is 6.54 Å². The van der Waals surface area contributed by atoms with Gasteiger partial charge in [-0.05, 0) is 30.0 Å². The maximum Gasteiger partial charge on any atom is 0.263 e. The summed E-state index contributed by atoms with van der Waals surface area (Å²) in [5, 5.41) is 3.98. The highest BCUT2D eigenvalue weighted by molar-refractivity contribution is 5.80. The van der Waals surface area contributed by atoms with Crippen molar-refractivity contribution in [1.29, 1.82) is 0 Å². The van der Waals surface area contributed by atoms with Gasteiger partial charge in [-0.25, -0.2) is 0 Å². The number of hydrogen-bond acceptors (Lipinski definition) is 5. The molecule has 6 nitrogen and oxygen atoms in total. The van der Waals surface area contributed by atoms with Gasteiger partial charge in [0.15, 0.2) is 6.10 Å². The van der Waals surface area contributed by atoms with Crippen LogP contribution in [-0.4, -0.2) is 34.1 Å². The summed E-state index contributed by atoms with van der Waals surface area (Å²) in [6, 6.07) is 17.4. The lowest BCUT2D eigenvalue weighted by Crippen LogP contribution is -2.37. The van der Waals surface area contributed by atoms with E-state index in [9.17, 15) is 4.79 Å². The highest BCUT2D eigenvalue weighted by Crippen LogP contribution is 2.25. The second-order valence-electron chi connectivity index (χ2n) is 8.11. The van der Waals surface area contributed by atoms with E-state index in [1.54, 1.807) is 14.0 Å². The Morgan fingerprint density at radius 3 is 2.38 bits per heavy atom. The Balaban J connectivity index is 1.59. The molecule has 1 amide bonds. The minimum atomic E-state index is -0.628. The third kappa shape index (κ3) is 5.22. The molecular weight excluding hydrogens is 366 g/mol. The molecule has 1 atom stereocenters. The number of ether oxygens (including phenoxy) is 1. The summed E-state index contributed by atoms with van der Waals surface area (Å²) in [7, 11) is 1.69. The number of carbonyl (C=O) groups excluding carboxylic acids is 1. The molecule has 0 saturated carbocycles. The van der Waals surface area contributed by atoms with Crippen molar-refractivity contribution >= 4 is 5.91 Å². The molecule has 0 aliphatic carbocycles. The first-order valence-corrected chi connectivity index (χ1v) is 9.64. The SMILES string of the molecule is CC(Oc1ccc(C(C)(C)C)cc1)C(=O)N(C)Cc1nc(-c2ccccc2)no1. The Hall–Kier alpha value is -3.15. The van der Waals surface area contributed by atoms with Gasteiger partial charge in [-0.3, -0.25) is 4.79 Å². The van der Waals surface area contributed by atoms with Crippen molar-refractivity contribution in [2.24, 2.45) is 0 Å². The van der Waals surface area contributed by atoms with Gasteiger partial charge in [0, 0.05) is 12.6 Å². The Kier molecular flexibility index (Phi) is 6.01. The average molecular weight is 393 g/mol. The maximum absolute atomic E-state index is 12.7. The molecule has 0 fully saturated rings. The molecule has 0 bridgehead atoms. The van der Waals surface area contributed by atoms with Crippen molar-refractivity contribution in [3.05, 3.63) is 66.1 Å². The van der Waals surface area contributed by atoms with E-state index in [1.807, 2.05) is 54.6 Å². The molecule has 0 spiro atoms. The van der Waals surface area contributed by atoms with Crippen molar-refractivity contribution in [2.45, 2.75) is 45.8 Å². The molecule has 1 unspecified atom stereocenters. The molecule has 3 aromatic rings. The summed E-state index contributed by atoms with van der Waals surface area (Å²) in [6.45, 7) is 8.43. The molecule has 0 N–H and O–H groups in total. The first-order chi connectivity index (χ1) is 13.7. The van der Waals surface area contributed by atoms with Crippen LogP contribution >= 0.6 is 0 Å². The average Bonchev–Trinajstić information content (AvgIpc) is 3.16. The van der Waals surface area contributed by atoms with Crippen LogP contribution in [0.2, 0.25) is 0 Å². The highest BCUT2D eigenvalue weighted by atomic mass is 16.5. The van der Waals surface area contributed by atoms with Crippen LogP contribution in [0.3, 0.4) is 0 Å². The Bertz CT molecular complexity index is 944. The van der Waals surface area contributed by atoms with Gasteiger partial charge in [-0.2, -0.15) is 4.98 Å². The van der Waals surface area contributed by atoms with Gasteiger partial charge in [0.25, 0.3) is 5.91 Å². The predicted molar refractivity (Wildman–Crippen MR) is 111 cm³/mol. The molecule has 0 radical (unpaired) electrons. The zero-order chi connectivity index (χ0) is 21.0. The predicted octanol–water partition coefficient (Wildman–Crippen LogP) is 4.46. The number of benzene rings is 2. The van der Waals surface area contributed by atoms with Crippen molar-refractivity contribution in [1.82, 2.24) is 15.0 Å². The van der Waals surface area contributed by atoms with Gasteiger partial charge in [-0.1, -0.05) is 68.4 Å². The maximum atomic E-state index is 12.7. The molecule has 6 heteroatoms. The molecule has 0 aliphatic rings. The normalized spacial score (nSPS) is 12.4. The minimum Gasteiger partial charge on any atom is -0.481 e. The number of nitrogens with zero attached hydrogens (tertiary/aromatic N) is 3. The second-order valence-corrected chi connectivity index (χ2v) is 8.11. The first-order valence-electron chi connectivity index (χ1n) is 9.64. The number of aromatic nitrogens is 2. The number of likely N-dealkylation sites (N-methyl/N-ethyl adjacent to an activating group) is 1. The van der Waals surface area contributed by atoms with Gasteiger partial charge in [0.1, 0.15) is 5.75 Å². The van der Waals surface area contributed by atoms with Crippen LogP contribution in [0.5, 0.6) is 5.75 Å². The van der Waals surface area contributed by atoms with E-state index in [0.717, 1.165) is 5.56 Å². The Labute approximate surface area is 171 Å². The van der Waals surface area contributed by atoms with Gasteiger partial charge in [0.2, 0.25) is 11.7 Å². The summed E-state index contributed by atoms with van der Waals surface area (Å²) in [4.78, 5) is 18.6. The number of carbonyl (C=O) groups is 1. The van der Waals surface area contributed by atoms with E-state index in [-0.39, 0.29) is 17.9 Å². The summed E-state index contributed by atoms with van der Waals surface area (Å²) in [5.74, 6) is 1.38. The first kappa shape index (κ1) is 20.6. The smallest absolute Gasteiger partial charge is 0.263 e. The fourth-order valence-electron chi connectivity index (χ4n) is 2.90. The van der Waals surface area contributed by atoms with Crippen LogP contribution in [-0.2, 0) is 16.8 Å². The fourth-order valence-corrected chi connectivity index (χ4v) is 2.90. The fraction of sp³-hybridized carbons (Fsp3) is 0.348. The van der Waals surface area contributed by atoms with Gasteiger partial charge in [-0.15, -0.1) is 0 Å². The largest absolute Gasteiger partial charge is 0.481 e. The molecule has 29 heavy (non-hydrogen) atoms. The van der Waals surface area contributed by atoms with Crippen molar-refractivity contribution in [3.63, 3.8) is 0 Å². The van der Waals surface area contributed by atoms with Gasteiger partial charge < -0.3 is 14.2 Å². The van der Waals surface area contributed by atoms with E-state index in [0.29, 0.717) is 17.5 Å².